The van der Waals surface area contributed by atoms with E-state index in [1.54, 1.807) is 14.2 Å². The predicted octanol–water partition coefficient (Wildman–Crippen LogP) is 2.11. The van der Waals surface area contributed by atoms with Crippen LogP contribution in [0.2, 0.25) is 10.2 Å². The number of rotatable bonds is 9. The normalized spacial score (nSPS) is 15.2. The molecule has 6 nitrogen and oxygen atoms in total. The molecule has 8 heteroatoms. The number of hydrogen-bond donors (Lipinski definition) is 2. The average Bonchev–Trinajstić information content (AvgIpc) is 3.39. The highest BCUT2D eigenvalue weighted by Gasteiger charge is 2.28. The number of halogens is 2. The maximum absolute atomic E-state index is 6.08. The van der Waals surface area contributed by atoms with Gasteiger partial charge >= 0.3 is 0 Å². The van der Waals surface area contributed by atoms with Crippen LogP contribution in [0.4, 0.5) is 0 Å². The molecule has 24 heavy (non-hydrogen) atoms. The van der Waals surface area contributed by atoms with E-state index in [0.717, 1.165) is 43.9 Å². The number of methoxy groups -OCH3 is 1. The van der Waals surface area contributed by atoms with E-state index in [1.807, 2.05) is 17.7 Å². The Morgan fingerprint density at radius 2 is 2.12 bits per heavy atom. The molecule has 0 unspecified atom stereocenters. The topological polar surface area (TPSA) is 53.8 Å². The SMILES string of the molecule is CN=C(NCCN(CCOC)C1CC1)NCc1cc(Cl)c(Cl)n1C. The van der Waals surface area contributed by atoms with Crippen LogP contribution in [0.1, 0.15) is 18.5 Å². The van der Waals surface area contributed by atoms with Crippen molar-refractivity contribution in [2.24, 2.45) is 12.0 Å². The van der Waals surface area contributed by atoms with Gasteiger partial charge in [0, 0.05) is 52.6 Å². The van der Waals surface area contributed by atoms with Gasteiger partial charge in [-0.3, -0.25) is 9.89 Å². The van der Waals surface area contributed by atoms with Gasteiger partial charge in [0.1, 0.15) is 5.15 Å². The van der Waals surface area contributed by atoms with Crippen LogP contribution in [0.25, 0.3) is 0 Å². The summed E-state index contributed by atoms with van der Waals surface area (Å²) >= 11 is 12.1. The van der Waals surface area contributed by atoms with Crippen molar-refractivity contribution in [1.29, 1.82) is 0 Å². The summed E-state index contributed by atoms with van der Waals surface area (Å²) in [6.45, 7) is 4.19. The molecule has 1 aliphatic carbocycles. The molecule has 1 heterocycles. The van der Waals surface area contributed by atoms with Gasteiger partial charge in [0.25, 0.3) is 0 Å². The molecule has 1 saturated carbocycles. The molecule has 1 fully saturated rings. The molecule has 2 N–H and O–H groups in total. The summed E-state index contributed by atoms with van der Waals surface area (Å²) in [5.41, 5.74) is 1.01. The quantitative estimate of drug-likeness (QED) is 0.512. The van der Waals surface area contributed by atoms with Gasteiger partial charge in [0.2, 0.25) is 0 Å². The van der Waals surface area contributed by atoms with Crippen molar-refractivity contribution in [1.82, 2.24) is 20.1 Å². The lowest BCUT2D eigenvalue weighted by Crippen LogP contribution is -2.42. The second-order valence-corrected chi connectivity index (χ2v) is 6.71. The van der Waals surface area contributed by atoms with Crippen LogP contribution in [0, 0.1) is 0 Å². The molecule has 1 aromatic rings. The highest BCUT2D eigenvalue weighted by molar-refractivity contribution is 6.41. The Hall–Kier alpha value is -0.950. The van der Waals surface area contributed by atoms with Crippen LogP contribution in [0.3, 0.4) is 0 Å². The molecule has 0 aliphatic heterocycles. The van der Waals surface area contributed by atoms with E-state index in [9.17, 15) is 0 Å². The van der Waals surface area contributed by atoms with Crippen LogP contribution < -0.4 is 10.6 Å². The van der Waals surface area contributed by atoms with Crippen molar-refractivity contribution in [3.8, 4) is 0 Å². The number of hydrogen-bond acceptors (Lipinski definition) is 3. The summed E-state index contributed by atoms with van der Waals surface area (Å²) < 4.78 is 7.05. The van der Waals surface area contributed by atoms with E-state index in [4.69, 9.17) is 27.9 Å². The zero-order valence-electron chi connectivity index (χ0n) is 14.6. The molecule has 0 saturated heterocycles. The zero-order chi connectivity index (χ0) is 17.5. The van der Waals surface area contributed by atoms with Crippen molar-refractivity contribution < 1.29 is 4.74 Å². The van der Waals surface area contributed by atoms with E-state index in [-0.39, 0.29) is 0 Å². The van der Waals surface area contributed by atoms with Crippen LogP contribution >= 0.6 is 23.2 Å². The van der Waals surface area contributed by atoms with Crippen molar-refractivity contribution in [3.05, 3.63) is 21.9 Å². The first-order valence-corrected chi connectivity index (χ1v) is 8.99. The maximum Gasteiger partial charge on any atom is 0.191 e. The van der Waals surface area contributed by atoms with Gasteiger partial charge < -0.3 is 19.9 Å². The first-order valence-electron chi connectivity index (χ1n) is 8.24. The third-order valence-electron chi connectivity index (χ3n) is 4.21. The summed E-state index contributed by atoms with van der Waals surface area (Å²) in [4.78, 5) is 6.73. The third kappa shape index (κ3) is 5.55. The standard InChI is InChI=1S/C16H27Cl2N5O/c1-19-16(21-11-13-10-14(17)15(18)22(13)2)20-6-7-23(8-9-24-3)12-4-5-12/h10,12H,4-9,11H2,1-3H3,(H2,19,20,21). The van der Waals surface area contributed by atoms with E-state index >= 15 is 0 Å². The van der Waals surface area contributed by atoms with Crippen LogP contribution in [-0.2, 0) is 18.3 Å². The largest absolute Gasteiger partial charge is 0.383 e. The van der Waals surface area contributed by atoms with Crippen molar-refractivity contribution in [3.63, 3.8) is 0 Å². The minimum absolute atomic E-state index is 0.551. The molecule has 0 radical (unpaired) electrons. The highest BCUT2D eigenvalue weighted by atomic mass is 35.5. The Morgan fingerprint density at radius 3 is 2.67 bits per heavy atom. The van der Waals surface area contributed by atoms with E-state index in [2.05, 4.69) is 20.5 Å². The first-order chi connectivity index (χ1) is 11.6. The maximum atomic E-state index is 6.08. The molecular formula is C16H27Cl2N5O. The van der Waals surface area contributed by atoms with Gasteiger partial charge in [-0.15, -0.1) is 0 Å². The molecule has 0 bridgehead atoms. The summed E-state index contributed by atoms with van der Waals surface area (Å²) in [7, 11) is 5.41. The molecular weight excluding hydrogens is 349 g/mol. The average molecular weight is 376 g/mol. The van der Waals surface area contributed by atoms with Crippen LogP contribution in [0.15, 0.2) is 11.1 Å². The highest BCUT2D eigenvalue weighted by Crippen LogP contribution is 2.26. The lowest BCUT2D eigenvalue weighted by molar-refractivity contribution is 0.144. The fraction of sp³-hybridized carbons (Fsp3) is 0.688. The summed E-state index contributed by atoms with van der Waals surface area (Å²) in [5.74, 6) is 0.769. The minimum atomic E-state index is 0.551. The van der Waals surface area contributed by atoms with Crippen molar-refractivity contribution >= 4 is 29.2 Å². The Kier molecular flexibility index (Phi) is 7.68. The van der Waals surface area contributed by atoms with E-state index in [1.165, 1.54) is 12.8 Å². The summed E-state index contributed by atoms with van der Waals surface area (Å²) in [5, 5.41) is 7.76. The fourth-order valence-corrected chi connectivity index (χ4v) is 3.01. The molecule has 1 aromatic heterocycles. The van der Waals surface area contributed by atoms with E-state index in [0.29, 0.717) is 16.7 Å². The van der Waals surface area contributed by atoms with Gasteiger partial charge in [0.15, 0.2) is 5.96 Å². The lowest BCUT2D eigenvalue weighted by atomic mass is 10.4. The fourth-order valence-electron chi connectivity index (χ4n) is 2.60. The number of nitrogens with zero attached hydrogens (tertiary/aromatic N) is 3. The Bertz CT molecular complexity index is 557. The number of aromatic nitrogens is 1. The van der Waals surface area contributed by atoms with Gasteiger partial charge in [-0.25, -0.2) is 0 Å². The minimum Gasteiger partial charge on any atom is -0.383 e. The Labute approximate surface area is 154 Å². The lowest BCUT2D eigenvalue weighted by Gasteiger charge is -2.22. The molecule has 0 atom stereocenters. The molecule has 0 amide bonds. The first kappa shape index (κ1) is 19.4. The van der Waals surface area contributed by atoms with E-state index < -0.39 is 0 Å². The van der Waals surface area contributed by atoms with Gasteiger partial charge in [-0.1, -0.05) is 23.2 Å². The van der Waals surface area contributed by atoms with Crippen molar-refractivity contribution in [2.75, 3.05) is 40.4 Å². The number of guanidine groups is 1. The second-order valence-electron chi connectivity index (χ2n) is 5.95. The number of aliphatic imine (C=N–C) groups is 1. The Balaban J connectivity index is 1.74. The van der Waals surface area contributed by atoms with Crippen LogP contribution in [-0.4, -0.2) is 61.9 Å². The monoisotopic (exact) mass is 375 g/mol. The predicted molar refractivity (Wildman–Crippen MR) is 100 cm³/mol. The molecule has 136 valence electrons. The summed E-state index contributed by atoms with van der Waals surface area (Å²) in [6.07, 6.45) is 2.59. The molecule has 0 aromatic carbocycles. The molecule has 2 rings (SSSR count). The van der Waals surface area contributed by atoms with Gasteiger partial charge in [-0.2, -0.15) is 0 Å². The van der Waals surface area contributed by atoms with Gasteiger partial charge in [-0.05, 0) is 18.9 Å². The zero-order valence-corrected chi connectivity index (χ0v) is 16.1. The second kappa shape index (κ2) is 9.51. The molecule has 1 aliphatic rings. The Morgan fingerprint density at radius 1 is 1.38 bits per heavy atom. The smallest absolute Gasteiger partial charge is 0.191 e. The van der Waals surface area contributed by atoms with Gasteiger partial charge in [0.05, 0.1) is 18.2 Å². The number of ether oxygens (including phenoxy) is 1. The third-order valence-corrected chi connectivity index (χ3v) is 5.06. The summed E-state index contributed by atoms with van der Waals surface area (Å²) in [6, 6.07) is 2.59. The van der Waals surface area contributed by atoms with Crippen molar-refractivity contribution in [2.45, 2.75) is 25.4 Å². The van der Waals surface area contributed by atoms with Crippen LogP contribution in [0.5, 0.6) is 0 Å². The molecule has 0 spiro atoms. The number of nitrogens with one attached hydrogen (secondary N) is 2.